The van der Waals surface area contributed by atoms with Crippen LogP contribution in [0.4, 0.5) is 34.9 Å². The Labute approximate surface area is 347 Å². The summed E-state index contributed by atoms with van der Waals surface area (Å²) in [4.78, 5) is 49.0. The van der Waals surface area contributed by atoms with Gasteiger partial charge < -0.3 is 38.4 Å². The lowest BCUT2D eigenvalue weighted by atomic mass is 10.2. The zero-order valence-corrected chi connectivity index (χ0v) is 33.7. The fourth-order valence-electron chi connectivity index (χ4n) is 6.19. The molecular weight excluding hydrogens is 769 g/mol. The summed E-state index contributed by atoms with van der Waals surface area (Å²) >= 11 is 0. The SMILES string of the molecule is CCOC(=O)CC(=O)OCCn1cc(COCCCCCN2c3cccc(n3)N(C)c3cccc(n3)Oc3cccc(c3)Oc3cccc(n3)N(C)c3cccc2n3)nn1. The van der Waals surface area contributed by atoms with E-state index in [1.54, 1.807) is 36.0 Å². The van der Waals surface area contributed by atoms with Gasteiger partial charge in [-0.1, -0.05) is 35.5 Å². The first-order valence-electron chi connectivity index (χ1n) is 19.7. The van der Waals surface area contributed by atoms with Crippen molar-refractivity contribution in [3.63, 3.8) is 0 Å². The molecule has 310 valence electrons. The maximum absolute atomic E-state index is 11.8. The van der Waals surface area contributed by atoms with Crippen LogP contribution in [0.1, 0.15) is 38.3 Å². The molecule has 1 aliphatic rings. The largest absolute Gasteiger partial charge is 0.466 e. The van der Waals surface area contributed by atoms with Crippen molar-refractivity contribution in [2.45, 2.75) is 45.8 Å². The number of hydrogen-bond acceptors (Lipinski definition) is 16. The normalized spacial score (nSPS) is 12.3. The number of carbonyl (C=O) groups is 2. The first-order chi connectivity index (χ1) is 29.3. The molecule has 5 aromatic heterocycles. The minimum Gasteiger partial charge on any atom is -0.466 e. The lowest BCUT2D eigenvalue weighted by molar-refractivity contribution is -0.154. The molecule has 0 N–H and O–H groups in total. The Balaban J connectivity index is 1.02. The molecule has 0 unspecified atom stereocenters. The summed E-state index contributed by atoms with van der Waals surface area (Å²) in [6.45, 7) is 3.71. The second-order valence-corrected chi connectivity index (χ2v) is 13.6. The van der Waals surface area contributed by atoms with Gasteiger partial charge in [0.2, 0.25) is 11.8 Å². The molecule has 0 radical (unpaired) electrons. The molecule has 1 aliphatic heterocycles. The van der Waals surface area contributed by atoms with E-state index in [0.29, 0.717) is 78.5 Å². The van der Waals surface area contributed by atoms with E-state index < -0.39 is 18.4 Å². The molecule has 0 aliphatic carbocycles. The Hall–Kier alpha value is -7.14. The number of nitrogens with zero attached hydrogens (tertiary/aromatic N) is 10. The number of carbonyl (C=O) groups excluding carboxylic acids is 2. The van der Waals surface area contributed by atoms with E-state index in [4.69, 9.17) is 43.6 Å². The summed E-state index contributed by atoms with van der Waals surface area (Å²) in [5, 5.41) is 8.21. The number of pyridine rings is 4. The van der Waals surface area contributed by atoms with Crippen LogP contribution < -0.4 is 24.2 Å². The van der Waals surface area contributed by atoms with Crippen molar-refractivity contribution in [3.8, 4) is 23.3 Å². The first-order valence-corrected chi connectivity index (χ1v) is 19.7. The maximum atomic E-state index is 11.8. The van der Waals surface area contributed by atoms with E-state index in [2.05, 4.69) is 15.2 Å². The lowest BCUT2D eigenvalue weighted by Crippen LogP contribution is -2.23. The predicted molar refractivity (Wildman–Crippen MR) is 222 cm³/mol. The van der Waals surface area contributed by atoms with Gasteiger partial charge in [-0.05, 0) is 74.7 Å². The Morgan fingerprint density at radius 3 is 1.78 bits per heavy atom. The van der Waals surface area contributed by atoms with Gasteiger partial charge in [0.1, 0.15) is 65.1 Å². The van der Waals surface area contributed by atoms with Gasteiger partial charge >= 0.3 is 11.9 Å². The summed E-state index contributed by atoms with van der Waals surface area (Å²) in [5.41, 5.74) is 0.660. The van der Waals surface area contributed by atoms with Crippen molar-refractivity contribution in [1.29, 1.82) is 0 Å². The van der Waals surface area contributed by atoms with Crippen LogP contribution in [-0.4, -0.2) is 87.3 Å². The van der Waals surface area contributed by atoms with Crippen LogP contribution in [0.5, 0.6) is 23.3 Å². The van der Waals surface area contributed by atoms with Crippen LogP contribution in [0.2, 0.25) is 0 Å². The minimum atomic E-state index is -0.645. The maximum Gasteiger partial charge on any atom is 0.317 e. The van der Waals surface area contributed by atoms with Gasteiger partial charge in [-0.2, -0.15) is 9.97 Å². The molecule has 17 nitrogen and oxygen atoms in total. The molecule has 0 saturated carbocycles. The number of hydrogen-bond donors (Lipinski definition) is 0. The average molecular weight is 815 g/mol. The van der Waals surface area contributed by atoms with Crippen LogP contribution >= 0.6 is 0 Å². The molecule has 1 aromatic carbocycles. The van der Waals surface area contributed by atoms with E-state index in [9.17, 15) is 9.59 Å². The standard InChI is InChI=1S/C43H46N10O7/c1-4-57-42(54)28-43(55)58-26-24-52-29-31(48-49-52)30-56-25-7-5-6-23-53-38-19-9-15-34(44-38)50(2)36-17-11-21-40(46-36)59-32-13-8-14-33(27-32)60-41-22-12-18-37(47-41)51(3)35-16-10-20-39(53)45-35/h8-22,27,29H,4-7,23-26,28,30H2,1-3H3. The van der Waals surface area contributed by atoms with Gasteiger partial charge in [0.05, 0.1) is 26.0 Å². The topological polar surface area (TPSA) is 172 Å². The van der Waals surface area contributed by atoms with Gasteiger partial charge in [0.15, 0.2) is 0 Å². The Morgan fingerprint density at radius 2 is 1.17 bits per heavy atom. The van der Waals surface area contributed by atoms with E-state index in [-0.39, 0.29) is 13.2 Å². The molecule has 0 fully saturated rings. The van der Waals surface area contributed by atoms with Crippen molar-refractivity contribution >= 4 is 46.8 Å². The predicted octanol–water partition coefficient (Wildman–Crippen LogP) is 7.31. The number of ether oxygens (including phenoxy) is 5. The quantitative estimate of drug-likeness (QED) is 0.0608. The van der Waals surface area contributed by atoms with Crippen molar-refractivity contribution in [1.82, 2.24) is 34.9 Å². The second kappa shape index (κ2) is 20.0. The molecule has 0 saturated heterocycles. The molecule has 17 heteroatoms. The van der Waals surface area contributed by atoms with Crippen molar-refractivity contribution < 1.29 is 33.3 Å². The Kier molecular flexibility index (Phi) is 13.7. The van der Waals surface area contributed by atoms with E-state index in [1.807, 2.05) is 103 Å². The molecule has 0 atom stereocenters. The smallest absolute Gasteiger partial charge is 0.317 e. The third-order valence-electron chi connectivity index (χ3n) is 9.22. The fourth-order valence-corrected chi connectivity index (χ4v) is 6.19. The highest BCUT2D eigenvalue weighted by atomic mass is 16.6. The van der Waals surface area contributed by atoms with Gasteiger partial charge in [0, 0.05) is 45.4 Å². The van der Waals surface area contributed by atoms with Gasteiger partial charge in [-0.15, -0.1) is 5.10 Å². The summed E-state index contributed by atoms with van der Waals surface area (Å²) in [6.07, 6.45) is 3.86. The highest BCUT2D eigenvalue weighted by Gasteiger charge is 2.18. The molecule has 10 bridgehead atoms. The van der Waals surface area contributed by atoms with Gasteiger partial charge in [-0.3, -0.25) is 9.59 Å². The lowest BCUT2D eigenvalue weighted by Gasteiger charge is -2.26. The molecule has 6 heterocycles. The number of fused-ring (bicyclic) bond motifs is 10. The molecule has 7 rings (SSSR count). The van der Waals surface area contributed by atoms with Crippen molar-refractivity contribution in [2.75, 3.05) is 55.2 Å². The highest BCUT2D eigenvalue weighted by molar-refractivity contribution is 5.91. The third-order valence-corrected chi connectivity index (χ3v) is 9.22. The summed E-state index contributed by atoms with van der Waals surface area (Å²) in [7, 11) is 3.84. The van der Waals surface area contributed by atoms with Crippen LogP contribution in [0.15, 0.2) is 103 Å². The zero-order chi connectivity index (χ0) is 41.7. The van der Waals surface area contributed by atoms with Crippen LogP contribution in [0.3, 0.4) is 0 Å². The first kappa shape index (κ1) is 41.0. The summed E-state index contributed by atoms with van der Waals surface area (Å²) in [5.74, 6) is 4.89. The minimum absolute atomic E-state index is 0.0581. The average Bonchev–Trinajstić information content (AvgIpc) is 3.71. The van der Waals surface area contributed by atoms with E-state index >= 15 is 0 Å². The number of unbranched alkanes of at least 4 members (excludes halogenated alkanes) is 2. The second-order valence-electron chi connectivity index (χ2n) is 13.6. The van der Waals surface area contributed by atoms with Crippen molar-refractivity contribution in [3.05, 3.63) is 109 Å². The highest BCUT2D eigenvalue weighted by Crippen LogP contribution is 2.33. The zero-order valence-electron chi connectivity index (χ0n) is 33.7. The summed E-state index contributed by atoms with van der Waals surface area (Å²) < 4.78 is 29.7. The van der Waals surface area contributed by atoms with Gasteiger partial charge in [-0.25, -0.2) is 14.6 Å². The number of anilines is 6. The van der Waals surface area contributed by atoms with Crippen LogP contribution in [0.25, 0.3) is 0 Å². The Morgan fingerprint density at radius 1 is 0.617 bits per heavy atom. The third kappa shape index (κ3) is 11.1. The molecular formula is C43H46N10O7. The van der Waals surface area contributed by atoms with E-state index in [0.717, 1.165) is 30.9 Å². The molecule has 6 aromatic rings. The Bertz CT molecular complexity index is 2260. The fraction of sp³-hybridized carbons (Fsp3) is 0.302. The van der Waals surface area contributed by atoms with E-state index in [1.165, 1.54) is 0 Å². The number of esters is 2. The van der Waals surface area contributed by atoms with Gasteiger partial charge in [0.25, 0.3) is 0 Å². The number of aromatic nitrogens is 7. The monoisotopic (exact) mass is 814 g/mol. The summed E-state index contributed by atoms with van der Waals surface area (Å²) in [6, 6.07) is 30.4. The molecule has 0 spiro atoms. The van der Waals surface area contributed by atoms with Crippen molar-refractivity contribution in [2.24, 2.45) is 0 Å². The van der Waals surface area contributed by atoms with Crippen LogP contribution in [-0.2, 0) is 37.0 Å². The number of benzene rings is 1. The molecule has 60 heavy (non-hydrogen) atoms. The number of rotatable bonds is 14. The van der Waals surface area contributed by atoms with Crippen LogP contribution in [0, 0.1) is 0 Å². The molecule has 0 amide bonds.